The van der Waals surface area contributed by atoms with Crippen LogP contribution in [0.4, 0.5) is 14.6 Å². The van der Waals surface area contributed by atoms with Gasteiger partial charge in [0.2, 0.25) is 0 Å². The molecule has 0 radical (unpaired) electrons. The fourth-order valence-electron chi connectivity index (χ4n) is 4.66. The van der Waals surface area contributed by atoms with Gasteiger partial charge in [-0.05, 0) is 30.5 Å². The highest BCUT2D eigenvalue weighted by atomic mass is 32.2. The normalized spacial score (nSPS) is 25.2. The van der Waals surface area contributed by atoms with Crippen molar-refractivity contribution in [1.82, 2.24) is 25.0 Å². The summed E-state index contributed by atoms with van der Waals surface area (Å²) in [6.07, 6.45) is 1.48. The molecule has 0 unspecified atom stereocenters. The Balaban J connectivity index is 1.40. The van der Waals surface area contributed by atoms with Gasteiger partial charge in [0.25, 0.3) is 0 Å². The van der Waals surface area contributed by atoms with Gasteiger partial charge in [-0.2, -0.15) is 0 Å². The van der Waals surface area contributed by atoms with Crippen molar-refractivity contribution in [3.63, 3.8) is 0 Å². The second-order valence-corrected chi connectivity index (χ2v) is 10.3. The van der Waals surface area contributed by atoms with Gasteiger partial charge < -0.3 is 25.0 Å². The largest absolute Gasteiger partial charge is 0.394 e. The molecule has 1 saturated heterocycles. The van der Waals surface area contributed by atoms with Crippen LogP contribution < -0.4 is 5.32 Å². The highest BCUT2D eigenvalue weighted by molar-refractivity contribution is 7.99. The summed E-state index contributed by atoms with van der Waals surface area (Å²) in [5.41, 5.74) is 1.76. The van der Waals surface area contributed by atoms with Crippen molar-refractivity contribution in [3.8, 4) is 0 Å². The number of hydrogen-bond donors (Lipinski definition) is 3. The van der Waals surface area contributed by atoms with Crippen molar-refractivity contribution in [1.29, 1.82) is 0 Å². The van der Waals surface area contributed by atoms with E-state index in [1.165, 1.54) is 17.8 Å². The molecule has 3 heterocycles. The molecule has 2 aromatic heterocycles. The van der Waals surface area contributed by atoms with Crippen molar-refractivity contribution in [2.45, 2.75) is 61.6 Å². The first-order valence-electron chi connectivity index (χ1n) is 12.4. The van der Waals surface area contributed by atoms with E-state index in [9.17, 15) is 13.9 Å². The Morgan fingerprint density at radius 3 is 2.84 bits per heavy atom. The lowest BCUT2D eigenvalue weighted by molar-refractivity contribution is -0.0409. The van der Waals surface area contributed by atoms with Gasteiger partial charge >= 0.3 is 0 Å². The first-order chi connectivity index (χ1) is 18.0. The summed E-state index contributed by atoms with van der Waals surface area (Å²) in [7, 11) is 0. The highest BCUT2D eigenvalue weighted by Gasteiger charge is 2.41. The maximum Gasteiger partial charge on any atom is 0.191 e. The fraction of sp³-hybridized carbons (Fsp3) is 0.583. The molecular formula is C24H30F2N6O4S. The van der Waals surface area contributed by atoms with Gasteiger partial charge in [-0.3, -0.25) is 0 Å². The maximum absolute atomic E-state index is 13.7. The lowest BCUT2D eigenvalue weighted by Crippen LogP contribution is -2.25. The molecule has 13 heteroatoms. The molecular weight excluding hydrogens is 506 g/mol. The average molecular weight is 537 g/mol. The zero-order valence-electron chi connectivity index (χ0n) is 20.4. The SMILES string of the molecule is CCCSc1nc(N[C@@H]2C[C@H]2c2ccc(F)c(F)c2)c2nnn([C@@H]3C[C@H](COCCO)O[C@H]3CO)c2n1. The second kappa shape index (κ2) is 11.5. The molecule has 1 saturated carbocycles. The van der Waals surface area contributed by atoms with E-state index in [1.54, 1.807) is 10.7 Å². The minimum Gasteiger partial charge on any atom is -0.394 e. The number of anilines is 1. The van der Waals surface area contributed by atoms with Gasteiger partial charge in [-0.25, -0.2) is 23.4 Å². The standard InChI is InChI=1S/C24H30F2N6O4S/c1-2-7-37-24-28-22(27-18-10-15(18)13-3-4-16(25)17(26)8-13)21-23(29-24)32(31-30-21)19-9-14(12-35-6-5-33)36-20(19)11-34/h3-4,8,14-15,18-20,33-34H,2,5-7,9-12H2,1H3,(H,27,28,29)/t14-,15+,18-,19-,20+/m1/s1. The summed E-state index contributed by atoms with van der Waals surface area (Å²) < 4.78 is 40.2. The van der Waals surface area contributed by atoms with E-state index in [2.05, 4.69) is 27.5 Å². The predicted molar refractivity (Wildman–Crippen MR) is 133 cm³/mol. The Labute approximate surface area is 216 Å². The lowest BCUT2D eigenvalue weighted by atomic mass is 10.1. The first kappa shape index (κ1) is 26.2. The van der Waals surface area contributed by atoms with Crippen LogP contribution >= 0.6 is 11.8 Å². The number of rotatable bonds is 12. The molecule has 0 amide bonds. The van der Waals surface area contributed by atoms with Crippen LogP contribution in [-0.4, -0.2) is 85.6 Å². The van der Waals surface area contributed by atoms with Crippen molar-refractivity contribution >= 4 is 28.7 Å². The number of aliphatic hydroxyl groups excluding tert-OH is 2. The average Bonchev–Trinajstić information content (AvgIpc) is 3.33. The van der Waals surface area contributed by atoms with Gasteiger partial charge in [-0.1, -0.05) is 30.0 Å². The third-order valence-corrected chi connectivity index (χ3v) is 7.61. The van der Waals surface area contributed by atoms with E-state index in [4.69, 9.17) is 19.6 Å². The van der Waals surface area contributed by atoms with Crippen molar-refractivity contribution < 1.29 is 28.5 Å². The van der Waals surface area contributed by atoms with Crippen molar-refractivity contribution in [2.75, 3.05) is 37.5 Å². The Kier molecular flexibility index (Phi) is 8.15. The number of nitrogens with zero attached hydrogens (tertiary/aromatic N) is 5. The molecule has 3 N–H and O–H groups in total. The summed E-state index contributed by atoms with van der Waals surface area (Å²) in [6.45, 7) is 2.32. The van der Waals surface area contributed by atoms with Gasteiger partial charge in [-0.15, -0.1) is 5.10 Å². The van der Waals surface area contributed by atoms with Crippen LogP contribution in [0.3, 0.4) is 0 Å². The smallest absolute Gasteiger partial charge is 0.191 e. The summed E-state index contributed by atoms with van der Waals surface area (Å²) in [4.78, 5) is 9.42. The summed E-state index contributed by atoms with van der Waals surface area (Å²) >= 11 is 1.53. The number of ether oxygens (including phenoxy) is 2. The van der Waals surface area contributed by atoms with Gasteiger partial charge in [0, 0.05) is 24.1 Å². The van der Waals surface area contributed by atoms with E-state index >= 15 is 0 Å². The molecule has 1 aliphatic carbocycles. The molecule has 0 bridgehead atoms. The van der Waals surface area contributed by atoms with Crippen molar-refractivity contribution in [3.05, 3.63) is 35.4 Å². The lowest BCUT2D eigenvalue weighted by Gasteiger charge is -2.16. The van der Waals surface area contributed by atoms with E-state index in [-0.39, 0.29) is 43.9 Å². The van der Waals surface area contributed by atoms with Gasteiger partial charge in [0.15, 0.2) is 33.8 Å². The molecule has 37 heavy (non-hydrogen) atoms. The van der Waals surface area contributed by atoms with Crippen LogP contribution in [0.2, 0.25) is 0 Å². The summed E-state index contributed by atoms with van der Waals surface area (Å²) in [5, 5.41) is 31.6. The third kappa shape index (κ3) is 5.70. The third-order valence-electron chi connectivity index (χ3n) is 6.56. The molecule has 5 atom stereocenters. The van der Waals surface area contributed by atoms with Crippen LogP contribution in [0.1, 0.15) is 43.7 Å². The van der Waals surface area contributed by atoms with Crippen LogP contribution in [0, 0.1) is 11.6 Å². The predicted octanol–water partition coefficient (Wildman–Crippen LogP) is 2.67. The van der Waals surface area contributed by atoms with E-state index in [1.807, 2.05) is 0 Å². The number of aliphatic hydroxyl groups is 2. The Morgan fingerprint density at radius 2 is 2.08 bits per heavy atom. The molecule has 3 aromatic rings. The quantitative estimate of drug-likeness (QED) is 0.181. The maximum atomic E-state index is 13.7. The number of aromatic nitrogens is 5. The topological polar surface area (TPSA) is 127 Å². The molecule has 1 aliphatic heterocycles. The van der Waals surface area contributed by atoms with Crippen molar-refractivity contribution in [2.24, 2.45) is 0 Å². The van der Waals surface area contributed by atoms with Crippen LogP contribution in [-0.2, 0) is 9.47 Å². The number of nitrogens with one attached hydrogen (secondary N) is 1. The number of halogens is 2. The minimum atomic E-state index is -0.861. The van der Waals surface area contributed by atoms with Gasteiger partial charge in [0.05, 0.1) is 38.6 Å². The number of fused-ring (bicyclic) bond motifs is 1. The molecule has 0 spiro atoms. The summed E-state index contributed by atoms with van der Waals surface area (Å²) in [6, 6.07) is 3.68. The molecule has 5 rings (SSSR count). The van der Waals surface area contributed by atoms with Crippen LogP contribution in [0.5, 0.6) is 0 Å². The Morgan fingerprint density at radius 1 is 1.22 bits per heavy atom. The fourth-order valence-corrected chi connectivity index (χ4v) is 5.35. The second-order valence-electron chi connectivity index (χ2n) is 9.26. The molecule has 2 aliphatic rings. The number of benzene rings is 1. The minimum absolute atomic E-state index is 0.00908. The molecule has 2 fully saturated rings. The molecule has 200 valence electrons. The van der Waals surface area contributed by atoms with E-state index < -0.39 is 17.7 Å². The Hall–Kier alpha value is -2.45. The Bertz CT molecular complexity index is 1230. The van der Waals surface area contributed by atoms with E-state index in [0.717, 1.165) is 30.2 Å². The van der Waals surface area contributed by atoms with E-state index in [0.29, 0.717) is 35.2 Å². The highest BCUT2D eigenvalue weighted by Crippen LogP contribution is 2.44. The van der Waals surface area contributed by atoms with Gasteiger partial charge in [0.1, 0.15) is 6.10 Å². The first-order valence-corrected chi connectivity index (χ1v) is 13.4. The number of hydrogen-bond acceptors (Lipinski definition) is 10. The summed E-state index contributed by atoms with van der Waals surface area (Å²) in [5.74, 6) is -0.314. The molecule has 1 aromatic carbocycles. The van der Waals surface area contributed by atoms with Crippen LogP contribution in [0.15, 0.2) is 23.4 Å². The zero-order chi connectivity index (χ0) is 25.9. The monoisotopic (exact) mass is 536 g/mol. The van der Waals surface area contributed by atoms with Crippen LogP contribution in [0.25, 0.3) is 11.2 Å². The zero-order valence-corrected chi connectivity index (χ0v) is 21.2. The number of thioether (sulfide) groups is 1. The molecule has 10 nitrogen and oxygen atoms in total.